The van der Waals surface area contributed by atoms with Crippen molar-refractivity contribution in [2.24, 2.45) is 0 Å². The Hall–Kier alpha value is -3.28. The second-order valence-corrected chi connectivity index (χ2v) is 7.65. The maximum atomic E-state index is 12.0. The number of aromatic hydroxyl groups is 1. The number of phenolic OH excluding ortho intramolecular Hbond substituents is 1. The maximum Gasteiger partial charge on any atom is 0.310 e. The summed E-state index contributed by atoms with van der Waals surface area (Å²) in [5.41, 5.74) is 2.97. The molecule has 0 spiro atoms. The maximum absolute atomic E-state index is 12.0. The minimum atomic E-state index is -0.533. The second kappa shape index (κ2) is 7.76. The Morgan fingerprint density at radius 2 is 1.82 bits per heavy atom. The predicted molar refractivity (Wildman–Crippen MR) is 106 cm³/mol. The fraction of sp³-hybridized carbons (Fsp3) is 0.273. The minimum Gasteiger partial charge on any atom is -0.508 e. The molecule has 0 aliphatic carbocycles. The summed E-state index contributed by atoms with van der Waals surface area (Å²) in [6.07, 6.45) is 1.42. The van der Waals surface area contributed by atoms with Crippen molar-refractivity contribution in [3.05, 3.63) is 59.9 Å². The molecule has 0 radical (unpaired) electrons. The third kappa shape index (κ3) is 4.71. The molecule has 1 heterocycles. The number of ether oxygens (including phenoxy) is 1. The molecule has 0 aliphatic heterocycles. The molecule has 0 fully saturated rings. The number of carbonyl (C=O) groups is 2. The molecular weight excluding hydrogens is 358 g/mol. The van der Waals surface area contributed by atoms with Gasteiger partial charge in [-0.1, -0.05) is 32.9 Å². The molecule has 6 nitrogen and oxygen atoms in total. The molecule has 0 saturated carbocycles. The number of fused-ring (bicyclic) bond motifs is 1. The molecule has 28 heavy (non-hydrogen) atoms. The van der Waals surface area contributed by atoms with Crippen LogP contribution in [0, 0.1) is 0 Å². The molecule has 3 aromatic rings. The first-order valence-electron chi connectivity index (χ1n) is 8.97. The van der Waals surface area contributed by atoms with E-state index in [1.54, 1.807) is 6.07 Å². The highest BCUT2D eigenvalue weighted by atomic mass is 16.5. The van der Waals surface area contributed by atoms with Crippen molar-refractivity contribution in [2.45, 2.75) is 32.6 Å². The largest absolute Gasteiger partial charge is 0.508 e. The van der Waals surface area contributed by atoms with Gasteiger partial charge in [-0.25, -0.2) is 0 Å². The lowest BCUT2D eigenvalue weighted by atomic mass is 9.87. The number of furan rings is 1. The van der Waals surface area contributed by atoms with E-state index in [0.717, 1.165) is 10.9 Å². The Labute approximate surface area is 163 Å². The monoisotopic (exact) mass is 381 g/mol. The number of hydrogen-bond acceptors (Lipinski definition) is 5. The van der Waals surface area contributed by atoms with Crippen LogP contribution in [0.2, 0.25) is 0 Å². The van der Waals surface area contributed by atoms with E-state index in [-0.39, 0.29) is 24.2 Å². The van der Waals surface area contributed by atoms with Crippen LogP contribution in [0.25, 0.3) is 11.0 Å². The van der Waals surface area contributed by atoms with E-state index in [0.29, 0.717) is 16.8 Å². The Bertz CT molecular complexity index is 996. The quantitative estimate of drug-likeness (QED) is 0.648. The summed E-state index contributed by atoms with van der Waals surface area (Å²) in [7, 11) is 0. The third-order valence-corrected chi connectivity index (χ3v) is 4.37. The van der Waals surface area contributed by atoms with Crippen molar-refractivity contribution in [1.29, 1.82) is 0 Å². The summed E-state index contributed by atoms with van der Waals surface area (Å²) < 4.78 is 10.4. The molecule has 3 rings (SSSR count). The average Bonchev–Trinajstić information content (AvgIpc) is 3.01. The van der Waals surface area contributed by atoms with Crippen LogP contribution in [0.5, 0.6) is 5.75 Å². The molecular formula is C22H23NO5. The van der Waals surface area contributed by atoms with Crippen LogP contribution >= 0.6 is 0 Å². The fourth-order valence-corrected chi connectivity index (χ4v) is 2.81. The summed E-state index contributed by atoms with van der Waals surface area (Å²) in [6.45, 7) is 5.99. The smallest absolute Gasteiger partial charge is 0.310 e. The van der Waals surface area contributed by atoms with E-state index in [2.05, 4.69) is 26.1 Å². The zero-order valence-electron chi connectivity index (χ0n) is 16.1. The zero-order valence-corrected chi connectivity index (χ0v) is 16.1. The highest BCUT2D eigenvalue weighted by Gasteiger charge is 2.15. The van der Waals surface area contributed by atoms with Gasteiger partial charge in [0.25, 0.3) is 5.91 Å². The number of phenols is 1. The van der Waals surface area contributed by atoms with E-state index in [4.69, 9.17) is 9.15 Å². The zero-order chi connectivity index (χ0) is 20.3. The number of amides is 1. The van der Waals surface area contributed by atoms with Crippen LogP contribution in [-0.4, -0.2) is 23.6 Å². The van der Waals surface area contributed by atoms with Crippen molar-refractivity contribution >= 4 is 28.5 Å². The first-order chi connectivity index (χ1) is 13.2. The molecule has 0 atom stereocenters. The SMILES string of the molecule is CC(C)(C)c1ccc(NC(=O)COC(=O)Cc2coc3cc(O)ccc23)cc1. The molecule has 1 amide bonds. The second-order valence-electron chi connectivity index (χ2n) is 7.65. The number of carbonyl (C=O) groups excluding carboxylic acids is 2. The van der Waals surface area contributed by atoms with E-state index in [9.17, 15) is 14.7 Å². The number of nitrogens with one attached hydrogen (secondary N) is 1. The number of anilines is 1. The predicted octanol–water partition coefficient (Wildman–Crippen LogP) is 4.16. The van der Waals surface area contributed by atoms with Crippen LogP contribution in [0.4, 0.5) is 5.69 Å². The van der Waals surface area contributed by atoms with E-state index >= 15 is 0 Å². The molecule has 0 bridgehead atoms. The van der Waals surface area contributed by atoms with E-state index in [1.807, 2.05) is 24.3 Å². The van der Waals surface area contributed by atoms with Crippen LogP contribution in [0.15, 0.2) is 53.1 Å². The lowest BCUT2D eigenvalue weighted by molar-refractivity contribution is -0.146. The third-order valence-electron chi connectivity index (χ3n) is 4.37. The molecule has 146 valence electrons. The van der Waals surface area contributed by atoms with Gasteiger partial charge in [0, 0.05) is 22.7 Å². The van der Waals surface area contributed by atoms with Crippen molar-refractivity contribution in [3.63, 3.8) is 0 Å². The van der Waals surface area contributed by atoms with E-state index < -0.39 is 11.9 Å². The van der Waals surface area contributed by atoms with Gasteiger partial charge in [-0.05, 0) is 35.2 Å². The molecule has 0 unspecified atom stereocenters. The Balaban J connectivity index is 1.52. The fourth-order valence-electron chi connectivity index (χ4n) is 2.81. The number of hydrogen-bond donors (Lipinski definition) is 2. The topological polar surface area (TPSA) is 88.8 Å². The van der Waals surface area contributed by atoms with Crippen LogP contribution in [0.3, 0.4) is 0 Å². The lowest BCUT2D eigenvalue weighted by Crippen LogP contribution is -2.21. The first kappa shape index (κ1) is 19.5. The molecule has 6 heteroatoms. The molecule has 2 aromatic carbocycles. The average molecular weight is 381 g/mol. The Morgan fingerprint density at radius 3 is 2.50 bits per heavy atom. The highest BCUT2D eigenvalue weighted by Crippen LogP contribution is 2.25. The summed E-state index contributed by atoms with van der Waals surface area (Å²) in [4.78, 5) is 24.1. The van der Waals surface area contributed by atoms with Gasteiger partial charge in [-0.3, -0.25) is 9.59 Å². The standard InChI is InChI=1S/C22H23NO5/c1-22(2,3)15-4-6-16(7-5-15)23-20(25)13-28-21(26)10-14-12-27-19-11-17(24)8-9-18(14)19/h4-9,11-12,24H,10,13H2,1-3H3,(H,23,25). The van der Waals surface area contributed by atoms with Crippen LogP contribution < -0.4 is 5.32 Å². The van der Waals surface area contributed by atoms with Crippen molar-refractivity contribution in [1.82, 2.24) is 0 Å². The molecule has 0 saturated heterocycles. The number of esters is 1. The van der Waals surface area contributed by atoms with Crippen molar-refractivity contribution in [2.75, 3.05) is 11.9 Å². The van der Waals surface area contributed by atoms with Gasteiger partial charge >= 0.3 is 5.97 Å². The van der Waals surface area contributed by atoms with Gasteiger partial charge in [-0.15, -0.1) is 0 Å². The van der Waals surface area contributed by atoms with Crippen molar-refractivity contribution < 1.29 is 23.8 Å². The number of rotatable bonds is 5. The molecule has 2 N–H and O–H groups in total. The number of benzene rings is 2. The van der Waals surface area contributed by atoms with Gasteiger partial charge in [-0.2, -0.15) is 0 Å². The highest BCUT2D eigenvalue weighted by molar-refractivity contribution is 5.93. The normalized spacial score (nSPS) is 11.4. The summed E-state index contributed by atoms with van der Waals surface area (Å²) >= 11 is 0. The minimum absolute atomic E-state index is 0.0225. The first-order valence-corrected chi connectivity index (χ1v) is 8.97. The van der Waals surface area contributed by atoms with Gasteiger partial charge in [0.15, 0.2) is 6.61 Å². The van der Waals surface area contributed by atoms with Crippen LogP contribution in [0.1, 0.15) is 31.9 Å². The summed E-state index contributed by atoms with van der Waals surface area (Å²) in [5.74, 6) is -0.851. The van der Waals surface area contributed by atoms with Crippen LogP contribution in [-0.2, 0) is 26.2 Å². The van der Waals surface area contributed by atoms with Gasteiger partial charge < -0.3 is 19.6 Å². The summed E-state index contributed by atoms with van der Waals surface area (Å²) in [6, 6.07) is 12.2. The molecule has 0 aliphatic rings. The Morgan fingerprint density at radius 1 is 1.11 bits per heavy atom. The van der Waals surface area contributed by atoms with E-state index in [1.165, 1.54) is 18.4 Å². The van der Waals surface area contributed by atoms with Gasteiger partial charge in [0.05, 0.1) is 12.7 Å². The Kier molecular flexibility index (Phi) is 5.40. The summed E-state index contributed by atoms with van der Waals surface area (Å²) in [5, 5.41) is 12.9. The van der Waals surface area contributed by atoms with Crippen molar-refractivity contribution in [3.8, 4) is 5.75 Å². The lowest BCUT2D eigenvalue weighted by Gasteiger charge is -2.19. The van der Waals surface area contributed by atoms with Gasteiger partial charge in [0.1, 0.15) is 11.3 Å². The molecule has 1 aromatic heterocycles. The van der Waals surface area contributed by atoms with Gasteiger partial charge in [0.2, 0.25) is 0 Å².